The number of hydrogen-bond acceptors (Lipinski definition) is 17. The maximum absolute atomic E-state index is 12.5. The molecule has 0 aromatic heterocycles. The van der Waals surface area contributed by atoms with E-state index in [4.69, 9.17) is 24.7 Å². The van der Waals surface area contributed by atoms with Crippen molar-refractivity contribution in [1.82, 2.24) is 0 Å². The van der Waals surface area contributed by atoms with Gasteiger partial charge in [-0.25, -0.2) is 0 Å². The number of ether oxygens (including phenoxy) is 4. The third-order valence-corrected chi connectivity index (χ3v) is 12.1. The van der Waals surface area contributed by atoms with Crippen LogP contribution < -0.4 is 5.73 Å². The number of carboxylic acid groups (broad SMARTS) is 1. The van der Waals surface area contributed by atoms with Crippen LogP contribution in [0, 0.1) is 17.8 Å². The molecule has 370 valence electrons. The van der Waals surface area contributed by atoms with Gasteiger partial charge >= 0.3 is 5.97 Å². The van der Waals surface area contributed by atoms with E-state index in [0.717, 1.165) is 0 Å². The molecule has 0 amide bonds. The van der Waals surface area contributed by atoms with Gasteiger partial charge in [-0.1, -0.05) is 98.9 Å². The van der Waals surface area contributed by atoms with Crippen LogP contribution in [0.2, 0.25) is 0 Å². The van der Waals surface area contributed by atoms with Crippen molar-refractivity contribution in [3.63, 3.8) is 0 Å². The smallest absolute Gasteiger partial charge is 0.311 e. The van der Waals surface area contributed by atoms with Crippen LogP contribution in [0.3, 0.4) is 0 Å². The van der Waals surface area contributed by atoms with Gasteiger partial charge in [-0.15, -0.1) is 0 Å². The molecule has 2 bridgehead atoms. The molecule has 18 heteroatoms. The van der Waals surface area contributed by atoms with Crippen molar-refractivity contribution in [2.75, 3.05) is 0 Å². The summed E-state index contributed by atoms with van der Waals surface area (Å²) in [7, 11) is 0. The van der Waals surface area contributed by atoms with Crippen molar-refractivity contribution in [2.45, 2.75) is 183 Å². The molecule has 2 saturated heterocycles. The summed E-state index contributed by atoms with van der Waals surface area (Å²) in [6.45, 7) is 6.87. The van der Waals surface area contributed by atoms with E-state index in [2.05, 4.69) is 0 Å². The summed E-state index contributed by atoms with van der Waals surface area (Å²) < 4.78 is 23.4. The van der Waals surface area contributed by atoms with Crippen LogP contribution in [0.5, 0.6) is 0 Å². The molecule has 3 aliphatic heterocycles. The maximum Gasteiger partial charge on any atom is 0.311 e. The van der Waals surface area contributed by atoms with Gasteiger partial charge in [0, 0.05) is 43.9 Å². The number of nitrogens with two attached hydrogens (primary N) is 1. The van der Waals surface area contributed by atoms with Crippen LogP contribution in [-0.4, -0.2) is 171 Å². The number of aliphatic carboxylic acids is 1. The minimum atomic E-state index is -2.32. The highest BCUT2D eigenvalue weighted by atomic mass is 16.7. The molecule has 6 unspecified atom stereocenters. The Morgan fingerprint density at radius 1 is 0.600 bits per heavy atom. The Balaban J connectivity index is 1.86. The molecule has 3 aliphatic rings. The van der Waals surface area contributed by atoms with Crippen LogP contribution >= 0.6 is 0 Å². The number of rotatable bonds is 3. The Kier molecular flexibility index (Phi) is 24.0. The van der Waals surface area contributed by atoms with Gasteiger partial charge in [0.1, 0.15) is 12.0 Å². The van der Waals surface area contributed by atoms with Gasteiger partial charge in [0.15, 0.2) is 18.4 Å². The van der Waals surface area contributed by atoms with Crippen molar-refractivity contribution >= 4 is 5.97 Å². The first-order valence-electron chi connectivity index (χ1n) is 22.5. The summed E-state index contributed by atoms with van der Waals surface area (Å²) in [4.78, 5) is 12.5. The van der Waals surface area contributed by atoms with E-state index in [1.807, 2.05) is 43.4 Å². The zero-order valence-corrected chi connectivity index (χ0v) is 37.7. The van der Waals surface area contributed by atoms with E-state index in [9.17, 15) is 66.1 Å². The number of fused-ring (bicyclic) bond motifs is 2. The first-order chi connectivity index (χ1) is 30.6. The predicted octanol–water partition coefficient (Wildman–Crippen LogP) is 0.504. The van der Waals surface area contributed by atoms with Gasteiger partial charge < -0.3 is 86.0 Å². The van der Waals surface area contributed by atoms with Crippen molar-refractivity contribution in [3.05, 3.63) is 85.1 Å². The first-order valence-corrected chi connectivity index (χ1v) is 22.5. The molecule has 0 aromatic carbocycles. The fourth-order valence-electron chi connectivity index (χ4n) is 8.09. The van der Waals surface area contributed by atoms with Crippen LogP contribution in [0.15, 0.2) is 85.1 Å². The van der Waals surface area contributed by atoms with E-state index in [-0.39, 0.29) is 38.0 Å². The number of aliphatic hydroxyl groups is 11. The fourth-order valence-corrected chi connectivity index (χ4v) is 8.09. The van der Waals surface area contributed by atoms with Gasteiger partial charge in [0.2, 0.25) is 0 Å². The molecule has 20 atom stereocenters. The number of carbonyl (C=O) groups is 1. The molecular formula is C47H75NO17. The monoisotopic (exact) mass is 926 g/mol. The minimum absolute atomic E-state index is 0.0775. The van der Waals surface area contributed by atoms with Gasteiger partial charge in [0.05, 0.1) is 79.3 Å². The summed E-state index contributed by atoms with van der Waals surface area (Å²) >= 11 is 0. The lowest BCUT2D eigenvalue weighted by molar-refractivity contribution is -0.308. The molecule has 0 radical (unpaired) electrons. The lowest BCUT2D eigenvalue weighted by atomic mass is 9.82. The molecule has 0 aromatic rings. The highest BCUT2D eigenvalue weighted by molar-refractivity contribution is 5.71. The number of allylic oxidation sites excluding steroid dienone is 12. The van der Waals surface area contributed by atoms with Crippen LogP contribution in [0.25, 0.3) is 0 Å². The molecule has 3 heterocycles. The lowest BCUT2D eigenvalue weighted by Crippen LogP contribution is -2.61. The predicted molar refractivity (Wildman–Crippen MR) is 238 cm³/mol. The Hall–Kier alpha value is -2.99. The summed E-state index contributed by atoms with van der Waals surface area (Å²) in [6, 6.07) is -1.15. The largest absolute Gasteiger partial charge is 0.481 e. The highest BCUT2D eigenvalue weighted by Crippen LogP contribution is 2.38. The Morgan fingerprint density at radius 3 is 1.75 bits per heavy atom. The Labute approximate surface area is 381 Å². The number of aliphatic hydroxyl groups excluding tert-OH is 10. The molecule has 3 rings (SSSR count). The summed E-state index contributed by atoms with van der Waals surface area (Å²) in [5.74, 6) is -5.99. The zero-order chi connectivity index (χ0) is 48.4. The van der Waals surface area contributed by atoms with Crippen molar-refractivity contribution < 1.29 is 85.0 Å². The quantitative estimate of drug-likeness (QED) is 0.183. The van der Waals surface area contributed by atoms with E-state index < -0.39 is 141 Å². The van der Waals surface area contributed by atoms with Crippen molar-refractivity contribution in [1.29, 1.82) is 0 Å². The molecular weight excluding hydrogens is 851 g/mol. The second-order valence-electron chi connectivity index (χ2n) is 17.7. The molecule has 14 N–H and O–H groups in total. The number of hydrogen-bond donors (Lipinski definition) is 13. The van der Waals surface area contributed by atoms with Crippen LogP contribution in [0.4, 0.5) is 0 Å². The second kappa shape index (κ2) is 27.7. The van der Waals surface area contributed by atoms with E-state index in [0.29, 0.717) is 0 Å². The van der Waals surface area contributed by atoms with Crippen LogP contribution in [-0.2, 0) is 23.7 Å². The third kappa shape index (κ3) is 18.9. The maximum atomic E-state index is 12.5. The van der Waals surface area contributed by atoms with E-state index in [1.165, 1.54) is 13.0 Å². The molecule has 18 nitrogen and oxygen atoms in total. The SMILES string of the molecule is CC1OC(O[C@H]2/C=C/C=C/C=C/C=C/C=C/C=C/C=C/[C@H](C)[C@@H](O)C(C)[C@H](C)O[C@H](O)C[C@H](O)C[C@H](O)CC[C@@H](O)[C@H](O)C[C@H](O)C[C@]3(O)C[C@H](O)[C@@H](C(=O)O)[C@H](C2)O3)C(O)C(N)C1O. The normalized spacial score (nSPS) is 46.7. The summed E-state index contributed by atoms with van der Waals surface area (Å²) in [6.07, 6.45) is 2.87. The third-order valence-electron chi connectivity index (χ3n) is 12.1. The van der Waals surface area contributed by atoms with Crippen molar-refractivity contribution in [3.8, 4) is 0 Å². The topological polar surface area (TPSA) is 323 Å². The highest BCUT2D eigenvalue weighted by Gasteiger charge is 2.51. The summed E-state index contributed by atoms with van der Waals surface area (Å²) in [5.41, 5.74) is 6.02. The van der Waals surface area contributed by atoms with Gasteiger partial charge in [-0.05, 0) is 33.1 Å². The first kappa shape index (κ1) is 56.3. The minimum Gasteiger partial charge on any atom is -0.481 e. The van der Waals surface area contributed by atoms with Crippen LogP contribution in [0.1, 0.15) is 79.1 Å². The molecule has 2 fully saturated rings. The lowest BCUT2D eigenvalue weighted by Gasteiger charge is -2.45. The average molecular weight is 926 g/mol. The van der Waals surface area contributed by atoms with Gasteiger partial charge in [0.25, 0.3) is 0 Å². The zero-order valence-electron chi connectivity index (χ0n) is 37.7. The molecule has 0 saturated carbocycles. The fraction of sp³-hybridized carbons (Fsp3) is 0.681. The van der Waals surface area contributed by atoms with Crippen molar-refractivity contribution in [2.24, 2.45) is 23.5 Å². The Morgan fingerprint density at radius 2 is 1.17 bits per heavy atom. The molecule has 0 aliphatic carbocycles. The number of carboxylic acids is 1. The van der Waals surface area contributed by atoms with Gasteiger partial charge in [-0.3, -0.25) is 4.79 Å². The summed E-state index contributed by atoms with van der Waals surface area (Å²) in [5, 5.41) is 129. The second-order valence-corrected chi connectivity index (χ2v) is 17.7. The molecule has 65 heavy (non-hydrogen) atoms. The Bertz CT molecular complexity index is 1620. The average Bonchev–Trinajstić information content (AvgIpc) is 3.21. The van der Waals surface area contributed by atoms with Gasteiger partial charge in [-0.2, -0.15) is 0 Å². The van der Waals surface area contributed by atoms with E-state index in [1.54, 1.807) is 56.4 Å². The molecule has 0 spiro atoms. The standard InChI is InChI=1S/C47H75NO17/c1-27-17-15-13-11-9-7-5-6-8-10-12-14-16-18-34(64-46-44(58)41(48)43(57)30(4)63-46)24-38-40(45(59)60)37(54)26-47(61,65-38)25-33(51)22-36(53)35(52)20-19-31(49)21-32(50)23-39(55)62-29(3)28(2)42(27)56/h5-18,27-44,46,49-58,61H,19-26,48H2,1-4H3,(H,59,60)/b6-5+,9-7+,10-8+,13-11+,14-12+,17-15+,18-16+/t27-,28?,29-,30?,31+,32+,33-,34-,35+,36+,37-,38-,39-,40+,41?,42+,43?,44?,46?,47+/m0/s1. The van der Waals surface area contributed by atoms with E-state index >= 15 is 0 Å².